The van der Waals surface area contributed by atoms with Crippen LogP contribution in [0.25, 0.3) is 11.1 Å². The molecular formula is C14H14. The Morgan fingerprint density at radius 1 is 0.643 bits per heavy atom. The third kappa shape index (κ3) is 1.85. The maximum absolute atomic E-state index is 7.25. The van der Waals surface area contributed by atoms with E-state index in [0.717, 1.165) is 22.3 Å². The molecule has 0 spiro atoms. The lowest BCUT2D eigenvalue weighted by Crippen LogP contribution is -1.78. The smallest absolute Gasteiger partial charge is 0.0280 e. The van der Waals surface area contributed by atoms with Gasteiger partial charge in [-0.1, -0.05) is 59.7 Å². The first-order chi connectivity index (χ1) is 7.83. The van der Waals surface area contributed by atoms with E-state index < -0.39 is 0 Å². The van der Waals surface area contributed by atoms with Crippen molar-refractivity contribution in [3.8, 4) is 11.1 Å². The van der Waals surface area contributed by atoms with Crippen molar-refractivity contribution in [1.82, 2.24) is 0 Å². The van der Waals surface area contributed by atoms with Crippen molar-refractivity contribution in [3.05, 3.63) is 59.7 Å². The first-order valence-electron chi connectivity index (χ1n) is 6.01. The fourth-order valence-electron chi connectivity index (χ4n) is 1.39. The minimum Gasteiger partial charge on any atom is -0.0587 e. The lowest BCUT2D eigenvalue weighted by molar-refractivity contribution is 1.45. The molecule has 0 aliphatic carbocycles. The van der Waals surface area contributed by atoms with Gasteiger partial charge in [-0.2, -0.15) is 0 Å². The van der Waals surface area contributed by atoms with Crippen LogP contribution in [0.5, 0.6) is 0 Å². The molecule has 70 valence electrons. The van der Waals surface area contributed by atoms with Crippen LogP contribution in [0, 0.1) is 13.8 Å². The summed E-state index contributed by atoms with van der Waals surface area (Å²) >= 11 is 0. The van der Waals surface area contributed by atoms with E-state index >= 15 is 0 Å². The summed E-state index contributed by atoms with van der Waals surface area (Å²) in [4.78, 5) is 0. The third-order valence-electron chi connectivity index (χ3n) is 2.24. The second-order valence-corrected chi connectivity index (χ2v) is 3.39. The highest BCUT2D eigenvalue weighted by molar-refractivity contribution is 5.63. The predicted molar refractivity (Wildman–Crippen MR) is 61.4 cm³/mol. The second kappa shape index (κ2) is 3.67. The van der Waals surface area contributed by atoms with E-state index in [0.29, 0.717) is 13.8 Å². The van der Waals surface area contributed by atoms with E-state index in [-0.39, 0.29) is 0 Å². The molecule has 0 unspecified atom stereocenters. The number of hydrogen-bond donors (Lipinski definition) is 0. The maximum Gasteiger partial charge on any atom is 0.0280 e. The topological polar surface area (TPSA) is 0 Å². The highest BCUT2D eigenvalue weighted by Crippen LogP contribution is 2.19. The Morgan fingerprint density at radius 3 is 1.29 bits per heavy atom. The number of rotatable bonds is 1. The fourth-order valence-corrected chi connectivity index (χ4v) is 1.39. The summed E-state index contributed by atoms with van der Waals surface area (Å²) in [6.45, 7) is 0.663. The lowest BCUT2D eigenvalue weighted by Gasteiger charge is -2.02. The van der Waals surface area contributed by atoms with Gasteiger partial charge in [-0.25, -0.2) is 0 Å². The monoisotopic (exact) mass is 182 g/mol. The zero-order valence-corrected chi connectivity index (χ0v) is 8.03. The molecule has 0 amide bonds. The SMILES string of the molecule is [1H]Cc1ccc(-c2ccc(C[1H])cc2)cc1. The van der Waals surface area contributed by atoms with Crippen LogP contribution in [0.3, 0.4) is 0 Å². The highest BCUT2D eigenvalue weighted by atomic mass is 14.0. The van der Waals surface area contributed by atoms with Crippen molar-refractivity contribution in [2.24, 2.45) is 0 Å². The Hall–Kier alpha value is -1.56. The van der Waals surface area contributed by atoms with Crippen LogP contribution in [-0.4, -0.2) is 0 Å². The van der Waals surface area contributed by atoms with Gasteiger partial charge in [0.1, 0.15) is 0 Å². The van der Waals surface area contributed by atoms with Gasteiger partial charge < -0.3 is 0 Å². The van der Waals surface area contributed by atoms with Gasteiger partial charge in [0.25, 0.3) is 0 Å². The highest BCUT2D eigenvalue weighted by Gasteiger charge is 1.95. The number of aryl methyl sites for hydroxylation is 2. The molecule has 2 aromatic rings. The molecule has 0 aliphatic rings. The summed E-state index contributed by atoms with van der Waals surface area (Å²) in [6.07, 6.45) is 0. The Morgan fingerprint density at radius 2 is 1.00 bits per heavy atom. The molecule has 0 fully saturated rings. The van der Waals surface area contributed by atoms with Gasteiger partial charge in [-0.3, -0.25) is 0 Å². The van der Waals surface area contributed by atoms with E-state index in [2.05, 4.69) is 0 Å². The summed E-state index contributed by atoms with van der Waals surface area (Å²) in [5.41, 5.74) is 4.39. The maximum atomic E-state index is 7.25. The van der Waals surface area contributed by atoms with E-state index in [1.165, 1.54) is 0 Å². The third-order valence-corrected chi connectivity index (χ3v) is 2.24. The zero-order chi connectivity index (χ0) is 11.4. The average molecular weight is 182 g/mol. The zero-order valence-electron chi connectivity index (χ0n) is 10.0. The molecule has 14 heavy (non-hydrogen) atoms. The summed E-state index contributed by atoms with van der Waals surface area (Å²) in [6, 6.07) is 16.1. The van der Waals surface area contributed by atoms with E-state index in [1.54, 1.807) is 0 Å². The van der Waals surface area contributed by atoms with Crippen LogP contribution in [0.4, 0.5) is 0 Å². The molecule has 0 aromatic heterocycles. The second-order valence-electron chi connectivity index (χ2n) is 3.39. The van der Waals surface area contributed by atoms with Gasteiger partial charge in [-0.05, 0) is 24.9 Å². The Kier molecular flexibility index (Phi) is 1.79. The molecule has 0 bridgehead atoms. The molecule has 0 heteroatoms. The van der Waals surface area contributed by atoms with Crippen LogP contribution in [0.15, 0.2) is 48.5 Å². The minimum absolute atomic E-state index is 0.331. The molecule has 0 atom stereocenters. The van der Waals surface area contributed by atoms with Gasteiger partial charge in [0, 0.05) is 2.74 Å². The van der Waals surface area contributed by atoms with Gasteiger partial charge in [-0.15, -0.1) is 0 Å². The molecule has 0 radical (unpaired) electrons. The van der Waals surface area contributed by atoms with Crippen LogP contribution < -0.4 is 0 Å². The average Bonchev–Trinajstić information content (AvgIpc) is 2.39. The fraction of sp³-hybridized carbons (Fsp3) is 0.143. The van der Waals surface area contributed by atoms with Crippen molar-refractivity contribution >= 4 is 0 Å². The molecule has 0 saturated carbocycles. The summed E-state index contributed by atoms with van der Waals surface area (Å²) < 4.78 is 14.5. The molecule has 0 aliphatic heterocycles. The molecular weight excluding hydrogens is 168 g/mol. The van der Waals surface area contributed by atoms with Crippen molar-refractivity contribution in [1.29, 1.82) is 0 Å². The van der Waals surface area contributed by atoms with E-state index in [9.17, 15) is 0 Å². The van der Waals surface area contributed by atoms with Gasteiger partial charge in [0.05, 0.1) is 0 Å². The quantitative estimate of drug-likeness (QED) is 0.626. The normalized spacial score (nSPS) is 12.0. The lowest BCUT2D eigenvalue weighted by atomic mass is 10.0. The number of benzene rings is 2. The van der Waals surface area contributed by atoms with Gasteiger partial charge in [0.2, 0.25) is 0 Å². The van der Waals surface area contributed by atoms with Crippen molar-refractivity contribution in [2.75, 3.05) is 0 Å². The van der Waals surface area contributed by atoms with E-state index in [1.807, 2.05) is 48.5 Å². The standard InChI is InChI=1S/C14H14/c1-11-3-7-13(8-4-11)14-9-5-12(2)6-10-14/h3-10H,1-2H3/i1H,2H. The van der Waals surface area contributed by atoms with Crippen molar-refractivity contribution in [3.63, 3.8) is 0 Å². The van der Waals surface area contributed by atoms with Crippen LogP contribution >= 0.6 is 0 Å². The molecule has 2 rings (SSSR count). The van der Waals surface area contributed by atoms with Crippen LogP contribution in [0.1, 0.15) is 13.9 Å². The Bertz CT molecular complexity index is 398. The first-order valence-corrected chi connectivity index (χ1v) is 4.60. The predicted octanol–water partition coefficient (Wildman–Crippen LogP) is 3.97. The summed E-state index contributed by atoms with van der Waals surface area (Å²) in [7, 11) is 0. The first kappa shape index (κ1) is 6.83. The summed E-state index contributed by atoms with van der Waals surface area (Å²) in [5, 5.41) is 0. The molecule has 0 N–H and O–H groups in total. The van der Waals surface area contributed by atoms with Gasteiger partial charge >= 0.3 is 0 Å². The Labute approximate surface area is 88.0 Å². The summed E-state index contributed by atoms with van der Waals surface area (Å²) in [5.74, 6) is 0. The largest absolute Gasteiger partial charge is 0.0587 e. The number of hydrogen-bond acceptors (Lipinski definition) is 0. The minimum atomic E-state index is 0.331. The van der Waals surface area contributed by atoms with Crippen LogP contribution in [-0.2, 0) is 0 Å². The Balaban J connectivity index is 2.28. The molecule has 0 saturated heterocycles. The van der Waals surface area contributed by atoms with E-state index in [4.69, 9.17) is 2.74 Å². The molecule has 0 nitrogen and oxygen atoms in total. The van der Waals surface area contributed by atoms with Gasteiger partial charge in [0.15, 0.2) is 0 Å². The molecule has 2 aromatic carbocycles. The molecule has 0 heterocycles. The van der Waals surface area contributed by atoms with Crippen molar-refractivity contribution < 1.29 is 2.74 Å². The van der Waals surface area contributed by atoms with Crippen LogP contribution in [0.2, 0.25) is 0 Å². The van der Waals surface area contributed by atoms with Crippen molar-refractivity contribution in [2.45, 2.75) is 13.8 Å².